The monoisotopic (exact) mass is 391 g/mol. The lowest BCUT2D eigenvalue weighted by atomic mass is 9.65. The molecular formula is C19H35Cl2N3O. The standard InChI is InChI=1S/C19H33N3O.2ClH/c20-18-14-5-4-6-15(18)12-16(11-14)19(23)22-10-7-17(13-22)21-8-2-1-3-9-21;;/h14-18H,1-13,20H2;2*1H. The molecule has 0 radical (unpaired) electrons. The molecule has 4 rings (SSSR count). The lowest BCUT2D eigenvalue weighted by Gasteiger charge is -2.44. The molecule has 0 aromatic heterocycles. The van der Waals surface area contributed by atoms with Gasteiger partial charge in [-0.25, -0.2) is 0 Å². The molecule has 2 saturated heterocycles. The summed E-state index contributed by atoms with van der Waals surface area (Å²) in [5, 5.41) is 0. The van der Waals surface area contributed by atoms with Crippen LogP contribution in [0, 0.1) is 17.8 Å². The van der Waals surface area contributed by atoms with E-state index in [2.05, 4.69) is 9.80 Å². The Balaban J connectivity index is 0.00000113. The van der Waals surface area contributed by atoms with E-state index in [0.717, 1.165) is 25.9 Å². The Morgan fingerprint density at radius 3 is 2.12 bits per heavy atom. The third kappa shape index (κ3) is 4.45. The fourth-order valence-corrected chi connectivity index (χ4v) is 5.77. The number of halogens is 2. The molecular weight excluding hydrogens is 357 g/mol. The topological polar surface area (TPSA) is 49.6 Å². The van der Waals surface area contributed by atoms with Crippen LogP contribution in [0.2, 0.25) is 0 Å². The lowest BCUT2D eigenvalue weighted by molar-refractivity contribution is -0.137. The van der Waals surface area contributed by atoms with Crippen molar-refractivity contribution in [2.45, 2.75) is 69.9 Å². The first kappa shape index (κ1) is 21.3. The molecule has 6 heteroatoms. The third-order valence-electron chi connectivity index (χ3n) is 7.14. The van der Waals surface area contributed by atoms with Crippen LogP contribution in [-0.2, 0) is 4.79 Å². The zero-order valence-electron chi connectivity index (χ0n) is 15.3. The van der Waals surface area contributed by atoms with Crippen LogP contribution in [0.25, 0.3) is 0 Å². The predicted molar refractivity (Wildman–Crippen MR) is 106 cm³/mol. The van der Waals surface area contributed by atoms with Gasteiger partial charge in [-0.2, -0.15) is 0 Å². The Bertz CT molecular complexity index is 430. The Morgan fingerprint density at radius 1 is 0.840 bits per heavy atom. The number of hydrogen-bond acceptors (Lipinski definition) is 3. The highest BCUT2D eigenvalue weighted by atomic mass is 35.5. The predicted octanol–water partition coefficient (Wildman–Crippen LogP) is 3.07. The highest BCUT2D eigenvalue weighted by Crippen LogP contribution is 2.42. The van der Waals surface area contributed by atoms with Crippen molar-refractivity contribution in [2.75, 3.05) is 26.2 Å². The molecule has 2 N–H and O–H groups in total. The first-order valence-electron chi connectivity index (χ1n) is 10.0. The van der Waals surface area contributed by atoms with Crippen molar-refractivity contribution in [2.24, 2.45) is 23.5 Å². The summed E-state index contributed by atoms with van der Waals surface area (Å²) < 4.78 is 0. The minimum atomic E-state index is 0. The van der Waals surface area contributed by atoms with E-state index in [-0.39, 0.29) is 30.7 Å². The molecule has 0 aromatic carbocycles. The van der Waals surface area contributed by atoms with Crippen LogP contribution >= 0.6 is 24.8 Å². The summed E-state index contributed by atoms with van der Waals surface area (Å²) in [6.45, 7) is 4.46. The Kier molecular flexibility index (Phi) is 7.87. The summed E-state index contributed by atoms with van der Waals surface area (Å²) in [4.78, 5) is 17.9. The van der Waals surface area contributed by atoms with Gasteiger partial charge in [-0.15, -0.1) is 24.8 Å². The number of piperidine rings is 1. The van der Waals surface area contributed by atoms with Gasteiger partial charge < -0.3 is 10.6 Å². The van der Waals surface area contributed by atoms with Gasteiger partial charge in [0.15, 0.2) is 0 Å². The van der Waals surface area contributed by atoms with Gasteiger partial charge in [0.2, 0.25) is 5.91 Å². The third-order valence-corrected chi connectivity index (χ3v) is 7.14. The summed E-state index contributed by atoms with van der Waals surface area (Å²) in [6.07, 6.45) is 11.2. The van der Waals surface area contributed by atoms with Crippen LogP contribution < -0.4 is 5.73 Å². The van der Waals surface area contributed by atoms with E-state index in [1.807, 2.05) is 0 Å². The molecule has 146 valence electrons. The minimum absolute atomic E-state index is 0. The minimum Gasteiger partial charge on any atom is -0.341 e. The summed E-state index contributed by atoms with van der Waals surface area (Å²) in [7, 11) is 0. The van der Waals surface area contributed by atoms with E-state index in [1.54, 1.807) is 0 Å². The van der Waals surface area contributed by atoms with E-state index in [9.17, 15) is 4.79 Å². The molecule has 2 bridgehead atoms. The molecule has 0 spiro atoms. The fraction of sp³-hybridized carbons (Fsp3) is 0.947. The van der Waals surface area contributed by atoms with Crippen molar-refractivity contribution in [1.82, 2.24) is 9.80 Å². The maximum Gasteiger partial charge on any atom is 0.225 e. The quantitative estimate of drug-likeness (QED) is 0.786. The number of hydrogen-bond donors (Lipinski definition) is 1. The van der Waals surface area contributed by atoms with E-state index in [4.69, 9.17) is 5.73 Å². The summed E-state index contributed by atoms with van der Waals surface area (Å²) >= 11 is 0. The van der Waals surface area contributed by atoms with E-state index < -0.39 is 0 Å². The molecule has 0 aromatic rings. The van der Waals surface area contributed by atoms with Gasteiger partial charge in [-0.1, -0.05) is 12.8 Å². The maximum atomic E-state index is 13.0. The zero-order chi connectivity index (χ0) is 15.8. The van der Waals surface area contributed by atoms with Crippen molar-refractivity contribution < 1.29 is 4.79 Å². The molecule has 3 atom stereocenters. The van der Waals surface area contributed by atoms with Crippen LogP contribution in [0.4, 0.5) is 0 Å². The number of nitrogens with two attached hydrogens (primary N) is 1. The van der Waals surface area contributed by atoms with Gasteiger partial charge in [-0.05, 0) is 69.9 Å². The number of fused-ring (bicyclic) bond motifs is 2. The zero-order valence-corrected chi connectivity index (χ0v) is 16.9. The van der Waals surface area contributed by atoms with Gasteiger partial charge in [-0.3, -0.25) is 9.69 Å². The van der Waals surface area contributed by atoms with E-state index in [0.29, 0.717) is 29.8 Å². The molecule has 3 unspecified atom stereocenters. The summed E-state index contributed by atoms with van der Waals surface area (Å²) in [5.74, 6) is 1.94. The van der Waals surface area contributed by atoms with Crippen molar-refractivity contribution in [3.63, 3.8) is 0 Å². The first-order valence-corrected chi connectivity index (χ1v) is 10.0. The second kappa shape index (κ2) is 9.25. The van der Waals surface area contributed by atoms with Crippen molar-refractivity contribution >= 4 is 30.7 Å². The largest absolute Gasteiger partial charge is 0.341 e. The molecule has 2 aliphatic heterocycles. The van der Waals surface area contributed by atoms with Crippen LogP contribution in [-0.4, -0.2) is 54.0 Å². The maximum absolute atomic E-state index is 13.0. The van der Waals surface area contributed by atoms with Gasteiger partial charge in [0.1, 0.15) is 0 Å². The van der Waals surface area contributed by atoms with Crippen molar-refractivity contribution in [3.05, 3.63) is 0 Å². The van der Waals surface area contributed by atoms with Gasteiger partial charge in [0, 0.05) is 31.1 Å². The number of carbonyl (C=O) groups is 1. The summed E-state index contributed by atoms with van der Waals surface area (Å²) in [5.41, 5.74) is 6.39. The molecule has 2 saturated carbocycles. The normalized spacial score (nSPS) is 38.6. The van der Waals surface area contributed by atoms with Crippen LogP contribution in [0.15, 0.2) is 0 Å². The van der Waals surface area contributed by atoms with Crippen LogP contribution in [0.3, 0.4) is 0 Å². The highest BCUT2D eigenvalue weighted by molar-refractivity contribution is 5.85. The fourth-order valence-electron chi connectivity index (χ4n) is 5.77. The van der Waals surface area contributed by atoms with E-state index >= 15 is 0 Å². The van der Waals surface area contributed by atoms with Gasteiger partial charge in [0.05, 0.1) is 0 Å². The number of rotatable bonds is 2. The number of likely N-dealkylation sites (tertiary alicyclic amines) is 2. The Morgan fingerprint density at radius 2 is 1.48 bits per heavy atom. The molecule has 2 aliphatic carbocycles. The molecule has 4 aliphatic rings. The highest BCUT2D eigenvalue weighted by Gasteiger charge is 2.42. The molecule has 25 heavy (non-hydrogen) atoms. The van der Waals surface area contributed by atoms with E-state index in [1.165, 1.54) is 58.0 Å². The van der Waals surface area contributed by atoms with Crippen molar-refractivity contribution in [3.8, 4) is 0 Å². The lowest BCUT2D eigenvalue weighted by Crippen LogP contribution is -2.50. The average Bonchev–Trinajstić information content (AvgIpc) is 3.05. The van der Waals surface area contributed by atoms with Crippen LogP contribution in [0.1, 0.15) is 57.8 Å². The summed E-state index contributed by atoms with van der Waals surface area (Å²) in [6, 6.07) is 0.997. The Labute approximate surface area is 165 Å². The van der Waals surface area contributed by atoms with Crippen molar-refractivity contribution in [1.29, 1.82) is 0 Å². The van der Waals surface area contributed by atoms with Gasteiger partial charge >= 0.3 is 0 Å². The molecule has 4 nitrogen and oxygen atoms in total. The molecule has 4 fully saturated rings. The number of amides is 1. The first-order chi connectivity index (χ1) is 11.2. The average molecular weight is 392 g/mol. The number of nitrogens with zero attached hydrogens (tertiary/aromatic N) is 2. The molecule has 2 heterocycles. The second-order valence-electron chi connectivity index (χ2n) is 8.52. The van der Waals surface area contributed by atoms with Gasteiger partial charge in [0.25, 0.3) is 0 Å². The Hall–Kier alpha value is -0.0300. The van der Waals surface area contributed by atoms with Crippen LogP contribution in [0.5, 0.6) is 0 Å². The second-order valence-corrected chi connectivity index (χ2v) is 8.52. The molecule has 1 amide bonds. The smallest absolute Gasteiger partial charge is 0.225 e. The number of carbonyl (C=O) groups excluding carboxylic acids is 1. The SMILES string of the molecule is Cl.Cl.NC1C2CCCC1CC(C(=O)N1CCC(N3CCCCC3)C1)C2.